The average molecular weight is 445 g/mol. The van der Waals surface area contributed by atoms with Gasteiger partial charge < -0.3 is 10.2 Å². The van der Waals surface area contributed by atoms with Gasteiger partial charge in [0, 0.05) is 17.6 Å². The van der Waals surface area contributed by atoms with Gasteiger partial charge in [0.25, 0.3) is 5.91 Å². The number of piperidine rings is 1. The van der Waals surface area contributed by atoms with Crippen molar-refractivity contribution in [2.24, 2.45) is 0 Å². The molecule has 0 aliphatic carbocycles. The molecule has 1 N–H and O–H groups in total. The second-order valence-corrected chi connectivity index (χ2v) is 8.77. The Balaban J connectivity index is 1.70. The largest absolute Gasteiger partial charge is 0.356 e. The van der Waals surface area contributed by atoms with Crippen molar-refractivity contribution in [1.82, 2.24) is 9.97 Å². The van der Waals surface area contributed by atoms with Crippen molar-refractivity contribution in [2.45, 2.75) is 33.1 Å². The minimum Gasteiger partial charge on any atom is -0.356 e. The second kappa shape index (κ2) is 7.56. The van der Waals surface area contributed by atoms with Gasteiger partial charge in [-0.25, -0.2) is 9.97 Å². The van der Waals surface area contributed by atoms with Crippen molar-refractivity contribution in [3.63, 3.8) is 0 Å². The van der Waals surface area contributed by atoms with Crippen LogP contribution >= 0.6 is 27.3 Å². The Morgan fingerprint density at radius 3 is 2.70 bits per heavy atom. The molecule has 1 saturated heterocycles. The summed E-state index contributed by atoms with van der Waals surface area (Å²) in [7, 11) is 0. The minimum atomic E-state index is -0.107. The number of fused-ring (bicyclic) bond motifs is 1. The van der Waals surface area contributed by atoms with E-state index in [-0.39, 0.29) is 5.91 Å². The molecule has 3 heterocycles. The van der Waals surface area contributed by atoms with E-state index < -0.39 is 0 Å². The molecule has 1 aliphatic heterocycles. The van der Waals surface area contributed by atoms with Gasteiger partial charge in [-0.1, -0.05) is 6.07 Å². The van der Waals surface area contributed by atoms with E-state index in [1.807, 2.05) is 32.0 Å². The predicted octanol–water partition coefficient (Wildman–Crippen LogP) is 5.31. The van der Waals surface area contributed by atoms with Crippen molar-refractivity contribution in [1.29, 1.82) is 0 Å². The second-order valence-electron chi connectivity index (χ2n) is 6.92. The lowest BCUT2D eigenvalue weighted by molar-refractivity contribution is 0.103. The van der Waals surface area contributed by atoms with Crippen LogP contribution in [0.5, 0.6) is 0 Å². The first-order valence-electron chi connectivity index (χ1n) is 9.11. The van der Waals surface area contributed by atoms with E-state index in [9.17, 15) is 4.79 Å². The van der Waals surface area contributed by atoms with Gasteiger partial charge in [-0.15, -0.1) is 11.3 Å². The van der Waals surface area contributed by atoms with E-state index >= 15 is 0 Å². The molecule has 0 spiro atoms. The van der Waals surface area contributed by atoms with Crippen LogP contribution in [-0.2, 0) is 0 Å². The van der Waals surface area contributed by atoms with Gasteiger partial charge in [0.15, 0.2) is 0 Å². The summed E-state index contributed by atoms with van der Waals surface area (Å²) < 4.78 is 0.878. The number of hydrogen-bond acceptors (Lipinski definition) is 5. The van der Waals surface area contributed by atoms with Crippen molar-refractivity contribution < 1.29 is 4.79 Å². The van der Waals surface area contributed by atoms with Crippen molar-refractivity contribution in [3.8, 4) is 0 Å². The highest BCUT2D eigenvalue weighted by molar-refractivity contribution is 9.10. The molecule has 1 amide bonds. The van der Waals surface area contributed by atoms with E-state index in [1.54, 1.807) is 6.33 Å². The Morgan fingerprint density at radius 1 is 1.19 bits per heavy atom. The van der Waals surface area contributed by atoms with Crippen LogP contribution < -0.4 is 10.2 Å². The highest BCUT2D eigenvalue weighted by atomic mass is 79.9. The molecule has 0 bridgehead atoms. The molecule has 0 radical (unpaired) electrons. The van der Waals surface area contributed by atoms with Crippen LogP contribution in [0, 0.1) is 13.8 Å². The molecule has 0 atom stereocenters. The summed E-state index contributed by atoms with van der Waals surface area (Å²) in [6, 6.07) is 5.89. The number of carbonyl (C=O) groups is 1. The quantitative estimate of drug-likeness (QED) is 0.594. The fraction of sp³-hybridized carbons (Fsp3) is 0.350. The fourth-order valence-corrected chi connectivity index (χ4v) is 5.15. The van der Waals surface area contributed by atoms with Crippen molar-refractivity contribution in [3.05, 3.63) is 45.0 Å². The summed E-state index contributed by atoms with van der Waals surface area (Å²) in [4.78, 5) is 25.8. The van der Waals surface area contributed by atoms with Gasteiger partial charge in [0.2, 0.25) is 0 Å². The molecular weight excluding hydrogens is 424 g/mol. The monoisotopic (exact) mass is 444 g/mol. The summed E-state index contributed by atoms with van der Waals surface area (Å²) >= 11 is 4.96. The molecule has 0 saturated carbocycles. The Hall–Kier alpha value is -1.99. The minimum absolute atomic E-state index is 0.107. The summed E-state index contributed by atoms with van der Waals surface area (Å²) in [5.74, 6) is 0.855. The lowest BCUT2D eigenvalue weighted by Gasteiger charge is -2.28. The van der Waals surface area contributed by atoms with Gasteiger partial charge >= 0.3 is 0 Å². The molecule has 2 aromatic heterocycles. The summed E-state index contributed by atoms with van der Waals surface area (Å²) in [5, 5.41) is 4.03. The number of rotatable bonds is 3. The van der Waals surface area contributed by atoms with Gasteiger partial charge in [0.05, 0.1) is 16.0 Å². The maximum absolute atomic E-state index is 12.9. The van der Waals surface area contributed by atoms with Crippen LogP contribution in [-0.4, -0.2) is 29.0 Å². The molecule has 1 aromatic carbocycles. The fourth-order valence-electron chi connectivity index (χ4n) is 3.52. The van der Waals surface area contributed by atoms with Gasteiger partial charge in [0.1, 0.15) is 17.0 Å². The van der Waals surface area contributed by atoms with Gasteiger partial charge in [-0.3, -0.25) is 4.79 Å². The molecule has 7 heteroatoms. The van der Waals surface area contributed by atoms with Crippen LogP contribution in [0.2, 0.25) is 0 Å². The summed E-state index contributed by atoms with van der Waals surface area (Å²) in [6.45, 7) is 6.04. The zero-order chi connectivity index (χ0) is 19.0. The molecule has 27 heavy (non-hydrogen) atoms. The van der Waals surface area contributed by atoms with E-state index in [0.29, 0.717) is 4.88 Å². The molecular formula is C20H21BrN4OS. The third kappa shape index (κ3) is 3.58. The first-order valence-corrected chi connectivity index (χ1v) is 10.7. The van der Waals surface area contributed by atoms with Crippen molar-refractivity contribution in [2.75, 3.05) is 23.3 Å². The van der Waals surface area contributed by atoms with Crippen LogP contribution in [0.25, 0.3) is 10.2 Å². The number of benzene rings is 1. The number of nitrogens with zero attached hydrogens (tertiary/aromatic N) is 3. The van der Waals surface area contributed by atoms with Crippen LogP contribution in [0.4, 0.5) is 11.5 Å². The smallest absolute Gasteiger partial charge is 0.266 e. The molecule has 1 aliphatic rings. The maximum atomic E-state index is 12.9. The first-order chi connectivity index (χ1) is 13.0. The lowest BCUT2D eigenvalue weighted by atomic mass is 10.1. The number of aryl methyl sites for hydroxylation is 2. The first kappa shape index (κ1) is 18.4. The van der Waals surface area contributed by atoms with Crippen LogP contribution in [0.1, 0.15) is 40.1 Å². The normalized spacial score (nSPS) is 14.6. The third-order valence-electron chi connectivity index (χ3n) is 4.94. The number of anilines is 2. The summed E-state index contributed by atoms with van der Waals surface area (Å²) in [5.41, 5.74) is 2.86. The number of nitrogens with one attached hydrogen (secondary N) is 1. The Labute approximate surface area is 171 Å². The highest BCUT2D eigenvalue weighted by Gasteiger charge is 2.23. The summed E-state index contributed by atoms with van der Waals surface area (Å²) in [6.07, 6.45) is 5.25. The SMILES string of the molecule is Cc1ccc(NC(=O)c2sc3ncnc(N4CCCCC4)c3c2C)c(Br)c1. The van der Waals surface area contributed by atoms with E-state index in [2.05, 4.69) is 36.1 Å². The Kier molecular flexibility index (Phi) is 5.14. The van der Waals surface area contributed by atoms with E-state index in [4.69, 9.17) is 0 Å². The third-order valence-corrected chi connectivity index (χ3v) is 6.80. The van der Waals surface area contributed by atoms with Crippen LogP contribution in [0.3, 0.4) is 0 Å². The molecule has 1 fully saturated rings. The molecule has 3 aromatic rings. The Bertz CT molecular complexity index is 1010. The number of hydrogen-bond donors (Lipinski definition) is 1. The van der Waals surface area contributed by atoms with Crippen molar-refractivity contribution >= 4 is 54.9 Å². The number of amides is 1. The number of thiophene rings is 1. The lowest BCUT2D eigenvalue weighted by Crippen LogP contribution is -2.30. The number of aromatic nitrogens is 2. The maximum Gasteiger partial charge on any atom is 0.266 e. The van der Waals surface area contributed by atoms with Crippen LogP contribution in [0.15, 0.2) is 29.0 Å². The van der Waals surface area contributed by atoms with Gasteiger partial charge in [-0.2, -0.15) is 0 Å². The average Bonchev–Trinajstić information content (AvgIpc) is 3.02. The topological polar surface area (TPSA) is 58.1 Å². The predicted molar refractivity (Wildman–Crippen MR) is 115 cm³/mol. The zero-order valence-corrected chi connectivity index (χ0v) is 17.8. The van der Waals surface area contributed by atoms with Gasteiger partial charge in [-0.05, 0) is 72.3 Å². The molecule has 5 nitrogen and oxygen atoms in total. The van der Waals surface area contributed by atoms with E-state index in [0.717, 1.165) is 50.4 Å². The Morgan fingerprint density at radius 2 is 1.96 bits per heavy atom. The number of carbonyl (C=O) groups excluding carboxylic acids is 1. The molecule has 140 valence electrons. The standard InChI is InChI=1S/C20H21BrN4OS/c1-12-6-7-15(14(21)10-12)24-19(26)17-13(2)16-18(22-11-23-20(16)27-17)25-8-4-3-5-9-25/h6-7,10-11H,3-5,8-9H2,1-2H3,(H,24,26). The zero-order valence-electron chi connectivity index (χ0n) is 15.4. The van der Waals surface area contributed by atoms with E-state index in [1.165, 1.54) is 30.6 Å². The molecule has 4 rings (SSSR count). The highest BCUT2D eigenvalue weighted by Crippen LogP contribution is 2.36. The number of halogens is 1. The molecule has 0 unspecified atom stereocenters.